The third kappa shape index (κ3) is 3.08. The average molecular weight is 392 g/mol. The van der Waals surface area contributed by atoms with Gasteiger partial charge in [0.05, 0.1) is 22.6 Å². The number of para-hydroxylation sites is 1. The van der Waals surface area contributed by atoms with Crippen molar-refractivity contribution in [2.45, 2.75) is 6.42 Å². The van der Waals surface area contributed by atoms with E-state index in [9.17, 15) is 19.2 Å². The number of carbonyl (C=O) groups is 4. The van der Waals surface area contributed by atoms with E-state index in [0.29, 0.717) is 11.3 Å². The Labute approximate surface area is 157 Å². The van der Waals surface area contributed by atoms with Crippen LogP contribution in [0.1, 0.15) is 12.0 Å². The van der Waals surface area contributed by atoms with Crippen molar-refractivity contribution in [3.05, 3.63) is 34.7 Å². The van der Waals surface area contributed by atoms with Gasteiger partial charge in [0.1, 0.15) is 10.9 Å². The topological polar surface area (TPSA) is 115 Å². The van der Waals surface area contributed by atoms with Gasteiger partial charge in [0.15, 0.2) is 0 Å². The molecule has 26 heavy (non-hydrogen) atoms. The Hall–Kier alpha value is -2.72. The van der Waals surface area contributed by atoms with E-state index in [0.717, 1.165) is 21.6 Å². The van der Waals surface area contributed by atoms with Gasteiger partial charge in [-0.25, -0.2) is 0 Å². The number of hydrogen-bond donors (Lipinski definition) is 2. The van der Waals surface area contributed by atoms with Gasteiger partial charge in [-0.3, -0.25) is 29.0 Å². The Morgan fingerprint density at radius 2 is 1.73 bits per heavy atom. The maximum absolute atomic E-state index is 12.8. The highest BCUT2D eigenvalue weighted by atomic mass is 32.2. The highest BCUT2D eigenvalue weighted by Gasteiger charge is 2.42. The molecule has 134 valence electrons. The number of hydrogen-bond acceptors (Lipinski definition) is 6. The van der Waals surface area contributed by atoms with Gasteiger partial charge in [-0.15, -0.1) is 0 Å². The molecule has 0 saturated carbocycles. The number of fused-ring (bicyclic) bond motifs is 1. The molecule has 2 aliphatic rings. The molecule has 0 unspecified atom stereocenters. The minimum atomic E-state index is -1.18. The van der Waals surface area contributed by atoms with Gasteiger partial charge in [0.25, 0.3) is 11.8 Å². The summed E-state index contributed by atoms with van der Waals surface area (Å²) >= 11 is 6.06. The average Bonchev–Trinajstić information content (AvgIpc) is 3.00. The van der Waals surface area contributed by atoms with Crippen molar-refractivity contribution >= 4 is 63.3 Å². The molecule has 1 aromatic rings. The number of thioether (sulfide) groups is 1. The Kier molecular flexibility index (Phi) is 4.79. The van der Waals surface area contributed by atoms with E-state index in [2.05, 4.69) is 0 Å². The molecule has 2 N–H and O–H groups in total. The van der Waals surface area contributed by atoms with Crippen molar-refractivity contribution in [2.24, 2.45) is 0 Å². The highest BCUT2D eigenvalue weighted by molar-refractivity contribution is 8.26. The third-order valence-electron chi connectivity index (χ3n) is 3.84. The maximum atomic E-state index is 12.8. The van der Waals surface area contributed by atoms with Crippen LogP contribution >= 0.6 is 24.0 Å². The minimum absolute atomic E-state index is 0.0886. The number of amides is 2. The third-order valence-corrected chi connectivity index (χ3v) is 5.29. The predicted molar refractivity (Wildman–Crippen MR) is 97.5 cm³/mol. The van der Waals surface area contributed by atoms with Crippen LogP contribution in [0.25, 0.3) is 5.57 Å². The summed E-state index contributed by atoms with van der Waals surface area (Å²) in [6, 6.07) is 6.59. The van der Waals surface area contributed by atoms with Crippen LogP contribution in [-0.2, 0) is 19.2 Å². The number of carbonyl (C=O) groups excluding carboxylic acids is 2. The van der Waals surface area contributed by atoms with Crippen molar-refractivity contribution in [1.29, 1.82) is 0 Å². The molecule has 0 spiro atoms. The molecule has 0 radical (unpaired) electrons. The lowest BCUT2D eigenvalue weighted by atomic mass is 10.1. The largest absolute Gasteiger partial charge is 0.481 e. The van der Waals surface area contributed by atoms with Gasteiger partial charge >= 0.3 is 11.9 Å². The number of anilines is 1. The van der Waals surface area contributed by atoms with Crippen molar-refractivity contribution in [1.82, 2.24) is 4.90 Å². The number of carboxylic acids is 2. The zero-order valence-electron chi connectivity index (χ0n) is 13.2. The number of carboxylic acid groups (broad SMARTS) is 2. The molecule has 2 heterocycles. The Bertz CT molecular complexity index is 894. The molecule has 0 atom stereocenters. The van der Waals surface area contributed by atoms with Crippen LogP contribution in [-0.4, -0.2) is 56.3 Å². The lowest BCUT2D eigenvalue weighted by Crippen LogP contribution is -2.33. The fourth-order valence-corrected chi connectivity index (χ4v) is 4.12. The highest BCUT2D eigenvalue weighted by Crippen LogP contribution is 2.44. The van der Waals surface area contributed by atoms with Crippen LogP contribution < -0.4 is 4.90 Å². The molecule has 8 nitrogen and oxygen atoms in total. The monoisotopic (exact) mass is 392 g/mol. The molecule has 0 aliphatic carbocycles. The molecular weight excluding hydrogens is 380 g/mol. The van der Waals surface area contributed by atoms with Crippen molar-refractivity contribution in [3.63, 3.8) is 0 Å². The van der Waals surface area contributed by atoms with Crippen LogP contribution in [0.3, 0.4) is 0 Å². The van der Waals surface area contributed by atoms with Crippen LogP contribution in [0.2, 0.25) is 0 Å². The zero-order valence-corrected chi connectivity index (χ0v) is 14.8. The fraction of sp³-hybridized carbons (Fsp3) is 0.188. The number of aliphatic carboxylic acids is 2. The normalized spacial score (nSPS) is 19.3. The molecule has 1 fully saturated rings. The van der Waals surface area contributed by atoms with E-state index < -0.39 is 30.3 Å². The van der Waals surface area contributed by atoms with E-state index in [4.69, 9.17) is 22.4 Å². The number of rotatable bonds is 5. The summed E-state index contributed by atoms with van der Waals surface area (Å²) in [4.78, 5) is 49.6. The summed E-state index contributed by atoms with van der Waals surface area (Å²) in [5, 5.41) is 17.9. The first-order valence-electron chi connectivity index (χ1n) is 7.44. The van der Waals surface area contributed by atoms with Crippen LogP contribution in [0, 0.1) is 0 Å². The first kappa shape index (κ1) is 18.1. The van der Waals surface area contributed by atoms with Gasteiger partial charge in [-0.05, 0) is 6.07 Å². The number of nitrogens with zero attached hydrogens (tertiary/aromatic N) is 2. The standard InChI is InChI=1S/C16H12N2O6S2/c19-10(20)5-6-17-15(24)13(26-16(17)25)12-8-3-1-2-4-9(8)18(14(12)23)7-11(21)22/h1-4H,5-7H2,(H,19,20)(H,21,22). The Morgan fingerprint density at radius 3 is 2.38 bits per heavy atom. The first-order valence-corrected chi connectivity index (χ1v) is 8.66. The van der Waals surface area contributed by atoms with Crippen molar-refractivity contribution in [3.8, 4) is 0 Å². The number of benzene rings is 1. The predicted octanol–water partition coefficient (Wildman–Crippen LogP) is 1.16. The first-order chi connectivity index (χ1) is 12.3. The fourth-order valence-electron chi connectivity index (χ4n) is 2.74. The molecule has 1 aromatic carbocycles. The summed E-state index contributed by atoms with van der Waals surface area (Å²) in [6.45, 7) is -0.621. The smallest absolute Gasteiger partial charge is 0.323 e. The van der Waals surface area contributed by atoms with Gasteiger partial charge in [0.2, 0.25) is 0 Å². The second-order valence-electron chi connectivity index (χ2n) is 5.47. The van der Waals surface area contributed by atoms with Gasteiger partial charge in [0, 0.05) is 12.1 Å². The van der Waals surface area contributed by atoms with E-state index in [1.54, 1.807) is 24.3 Å². The molecule has 10 heteroatoms. The number of thiocarbonyl (C=S) groups is 1. The van der Waals surface area contributed by atoms with E-state index >= 15 is 0 Å². The summed E-state index contributed by atoms with van der Waals surface area (Å²) < 4.78 is 0.167. The van der Waals surface area contributed by atoms with Gasteiger partial charge < -0.3 is 10.2 Å². The molecule has 2 aliphatic heterocycles. The van der Waals surface area contributed by atoms with Crippen molar-refractivity contribution < 1.29 is 29.4 Å². The molecule has 1 saturated heterocycles. The van der Waals surface area contributed by atoms with Gasteiger partial charge in [-0.2, -0.15) is 0 Å². The quantitative estimate of drug-likeness (QED) is 0.567. The molecular formula is C16H12N2O6S2. The summed E-state index contributed by atoms with van der Waals surface area (Å²) in [5.41, 5.74) is 0.959. The van der Waals surface area contributed by atoms with E-state index in [1.165, 1.54) is 0 Å². The molecule has 3 rings (SSSR count). The van der Waals surface area contributed by atoms with E-state index in [1.807, 2.05) is 0 Å². The summed E-state index contributed by atoms with van der Waals surface area (Å²) in [6.07, 6.45) is -0.273. The minimum Gasteiger partial charge on any atom is -0.481 e. The lowest BCUT2D eigenvalue weighted by molar-refractivity contribution is -0.137. The van der Waals surface area contributed by atoms with Crippen LogP contribution in [0.5, 0.6) is 0 Å². The van der Waals surface area contributed by atoms with Crippen LogP contribution in [0.4, 0.5) is 5.69 Å². The van der Waals surface area contributed by atoms with E-state index in [-0.39, 0.29) is 27.8 Å². The Morgan fingerprint density at radius 1 is 1.04 bits per heavy atom. The summed E-state index contributed by atoms with van der Waals surface area (Å²) in [5.74, 6) is -3.38. The molecule has 2 amide bonds. The maximum Gasteiger partial charge on any atom is 0.323 e. The summed E-state index contributed by atoms with van der Waals surface area (Å²) in [7, 11) is 0. The SMILES string of the molecule is O=C(O)CCN1C(=O)C(=C2C(=O)N(CC(=O)O)c3ccccc32)SC1=S. The van der Waals surface area contributed by atoms with Crippen molar-refractivity contribution in [2.75, 3.05) is 18.0 Å². The second-order valence-corrected chi connectivity index (χ2v) is 7.12. The zero-order chi connectivity index (χ0) is 19.0. The van der Waals surface area contributed by atoms with Crippen LogP contribution in [0.15, 0.2) is 29.2 Å². The van der Waals surface area contributed by atoms with Gasteiger partial charge in [-0.1, -0.05) is 42.2 Å². The second kappa shape index (κ2) is 6.89. The molecule has 0 aromatic heterocycles. The molecule has 0 bridgehead atoms. The Balaban J connectivity index is 2.04. The lowest BCUT2D eigenvalue weighted by Gasteiger charge is -2.14.